The molecular formula is C21H20ClN3O4. The summed E-state index contributed by atoms with van der Waals surface area (Å²) in [6, 6.07) is 14.5. The van der Waals surface area contributed by atoms with E-state index in [9.17, 15) is 4.79 Å². The van der Waals surface area contributed by atoms with Gasteiger partial charge in [0.15, 0.2) is 5.69 Å². The third-order valence-electron chi connectivity index (χ3n) is 4.77. The molecule has 1 atom stereocenters. The minimum atomic E-state index is -0.321. The average Bonchev–Trinajstić information content (AvgIpc) is 3.18. The molecule has 2 heterocycles. The first-order chi connectivity index (χ1) is 14.1. The van der Waals surface area contributed by atoms with Gasteiger partial charge in [0.1, 0.15) is 17.6 Å². The number of carbonyl (C=O) groups is 1. The fraction of sp³-hybridized carbons (Fsp3) is 0.238. The van der Waals surface area contributed by atoms with Crippen molar-refractivity contribution in [2.75, 3.05) is 19.5 Å². The molecule has 2 aromatic carbocycles. The fourth-order valence-electron chi connectivity index (χ4n) is 3.20. The Morgan fingerprint density at radius 3 is 2.69 bits per heavy atom. The first-order valence-corrected chi connectivity index (χ1v) is 9.42. The Hall–Kier alpha value is -3.03. The van der Waals surface area contributed by atoms with E-state index in [0.717, 1.165) is 11.3 Å². The lowest BCUT2D eigenvalue weighted by molar-refractivity contribution is -0.00118. The standard InChI is InChI=1S/C21H20ClN3O4/c1-27-16-7-8-17(19(10-16)28-2)23-21(26)18-9-15-12-29-20(11-25(15)24-18)13-3-5-14(22)6-4-13/h3-10,20H,11-12H2,1-2H3,(H,23,26)/t20-/m0/s1. The zero-order valence-corrected chi connectivity index (χ0v) is 16.8. The summed E-state index contributed by atoms with van der Waals surface area (Å²) in [5.74, 6) is 0.828. The third kappa shape index (κ3) is 4.06. The van der Waals surface area contributed by atoms with E-state index in [-0.39, 0.29) is 12.0 Å². The highest BCUT2D eigenvalue weighted by atomic mass is 35.5. The predicted octanol–water partition coefficient (Wildman–Crippen LogP) is 4.08. The molecule has 29 heavy (non-hydrogen) atoms. The number of fused-ring (bicyclic) bond motifs is 1. The van der Waals surface area contributed by atoms with Crippen molar-refractivity contribution in [1.82, 2.24) is 9.78 Å². The number of hydrogen-bond donors (Lipinski definition) is 1. The molecule has 0 saturated heterocycles. The van der Waals surface area contributed by atoms with Crippen LogP contribution in [0.15, 0.2) is 48.5 Å². The summed E-state index contributed by atoms with van der Waals surface area (Å²) in [5.41, 5.74) is 2.73. The van der Waals surface area contributed by atoms with Gasteiger partial charge in [-0.15, -0.1) is 0 Å². The van der Waals surface area contributed by atoms with Crippen LogP contribution in [0.5, 0.6) is 11.5 Å². The van der Waals surface area contributed by atoms with E-state index in [0.29, 0.717) is 41.1 Å². The molecule has 4 rings (SSSR count). The topological polar surface area (TPSA) is 74.6 Å². The summed E-state index contributed by atoms with van der Waals surface area (Å²) in [6.45, 7) is 0.898. The maximum atomic E-state index is 12.7. The zero-order valence-electron chi connectivity index (χ0n) is 16.0. The second-order valence-corrected chi connectivity index (χ2v) is 7.01. The molecule has 0 bridgehead atoms. The number of hydrogen-bond acceptors (Lipinski definition) is 5. The molecule has 0 aliphatic carbocycles. The highest BCUT2D eigenvalue weighted by molar-refractivity contribution is 6.30. The summed E-state index contributed by atoms with van der Waals surface area (Å²) < 4.78 is 18.3. The predicted molar refractivity (Wildman–Crippen MR) is 109 cm³/mol. The van der Waals surface area contributed by atoms with Crippen LogP contribution in [0.4, 0.5) is 5.69 Å². The lowest BCUT2D eigenvalue weighted by Crippen LogP contribution is -2.22. The lowest BCUT2D eigenvalue weighted by Gasteiger charge is -2.24. The van der Waals surface area contributed by atoms with Crippen molar-refractivity contribution < 1.29 is 19.0 Å². The van der Waals surface area contributed by atoms with E-state index < -0.39 is 0 Å². The van der Waals surface area contributed by atoms with Crippen LogP contribution >= 0.6 is 11.6 Å². The number of ether oxygens (including phenoxy) is 3. The molecule has 1 aromatic heterocycles. The Morgan fingerprint density at radius 2 is 1.97 bits per heavy atom. The van der Waals surface area contributed by atoms with Gasteiger partial charge in [-0.1, -0.05) is 23.7 Å². The Balaban J connectivity index is 1.50. The van der Waals surface area contributed by atoms with Crippen LogP contribution in [-0.2, 0) is 17.9 Å². The minimum absolute atomic E-state index is 0.141. The highest BCUT2D eigenvalue weighted by Crippen LogP contribution is 2.30. The van der Waals surface area contributed by atoms with E-state index in [1.54, 1.807) is 31.4 Å². The van der Waals surface area contributed by atoms with Crippen molar-refractivity contribution in [2.24, 2.45) is 0 Å². The van der Waals surface area contributed by atoms with Gasteiger partial charge >= 0.3 is 0 Å². The minimum Gasteiger partial charge on any atom is -0.497 e. The molecule has 1 aliphatic heterocycles. The highest BCUT2D eigenvalue weighted by Gasteiger charge is 2.24. The van der Waals surface area contributed by atoms with Crippen LogP contribution in [0.2, 0.25) is 5.02 Å². The van der Waals surface area contributed by atoms with Gasteiger partial charge in [-0.3, -0.25) is 9.48 Å². The van der Waals surface area contributed by atoms with Crippen LogP contribution in [0, 0.1) is 0 Å². The molecule has 0 radical (unpaired) electrons. The third-order valence-corrected chi connectivity index (χ3v) is 5.02. The molecule has 1 N–H and O–H groups in total. The number of aromatic nitrogens is 2. The smallest absolute Gasteiger partial charge is 0.276 e. The molecule has 0 unspecified atom stereocenters. The van der Waals surface area contributed by atoms with Crippen LogP contribution in [0.25, 0.3) is 0 Å². The number of carbonyl (C=O) groups excluding carboxylic acids is 1. The number of nitrogens with one attached hydrogen (secondary N) is 1. The SMILES string of the molecule is COc1ccc(NC(=O)c2cc3n(n2)C[C@@H](c2ccc(Cl)cc2)OC3)c(OC)c1. The molecule has 0 fully saturated rings. The number of nitrogens with zero attached hydrogens (tertiary/aromatic N) is 2. The van der Waals surface area contributed by atoms with Gasteiger partial charge in [-0.2, -0.15) is 5.10 Å². The summed E-state index contributed by atoms with van der Waals surface area (Å²) >= 11 is 5.96. The largest absolute Gasteiger partial charge is 0.497 e. The van der Waals surface area contributed by atoms with Crippen LogP contribution in [-0.4, -0.2) is 29.9 Å². The van der Waals surface area contributed by atoms with Gasteiger partial charge in [-0.05, 0) is 35.9 Å². The van der Waals surface area contributed by atoms with E-state index in [4.69, 9.17) is 25.8 Å². The number of anilines is 1. The number of amides is 1. The van der Waals surface area contributed by atoms with Gasteiger partial charge in [-0.25, -0.2) is 0 Å². The van der Waals surface area contributed by atoms with Gasteiger partial charge in [0, 0.05) is 11.1 Å². The molecule has 1 amide bonds. The number of rotatable bonds is 5. The van der Waals surface area contributed by atoms with Crippen molar-refractivity contribution >= 4 is 23.2 Å². The van der Waals surface area contributed by atoms with Crippen molar-refractivity contribution in [1.29, 1.82) is 0 Å². The zero-order chi connectivity index (χ0) is 20.4. The van der Waals surface area contributed by atoms with Crippen molar-refractivity contribution in [3.05, 3.63) is 70.5 Å². The molecular weight excluding hydrogens is 394 g/mol. The second kappa shape index (κ2) is 8.14. The van der Waals surface area contributed by atoms with Gasteiger partial charge < -0.3 is 19.5 Å². The molecule has 0 saturated carbocycles. The molecule has 0 spiro atoms. The summed E-state index contributed by atoms with van der Waals surface area (Å²) in [5, 5.41) is 7.98. The van der Waals surface area contributed by atoms with E-state index in [1.165, 1.54) is 7.11 Å². The summed E-state index contributed by atoms with van der Waals surface area (Å²) in [4.78, 5) is 12.7. The first kappa shape index (κ1) is 19.3. The van der Waals surface area contributed by atoms with E-state index >= 15 is 0 Å². The number of benzene rings is 2. The van der Waals surface area contributed by atoms with Gasteiger partial charge in [0.2, 0.25) is 0 Å². The van der Waals surface area contributed by atoms with Gasteiger partial charge in [0.25, 0.3) is 5.91 Å². The Kier molecular flexibility index (Phi) is 5.42. The van der Waals surface area contributed by atoms with Gasteiger partial charge in [0.05, 0.1) is 38.8 Å². The fourth-order valence-corrected chi connectivity index (χ4v) is 3.33. The quantitative estimate of drug-likeness (QED) is 0.682. The van der Waals surface area contributed by atoms with E-state index in [1.807, 2.05) is 28.9 Å². The maximum Gasteiger partial charge on any atom is 0.276 e. The Morgan fingerprint density at radius 1 is 1.17 bits per heavy atom. The average molecular weight is 414 g/mol. The first-order valence-electron chi connectivity index (χ1n) is 9.04. The molecule has 1 aliphatic rings. The molecule has 8 heteroatoms. The van der Waals surface area contributed by atoms with Crippen molar-refractivity contribution in [2.45, 2.75) is 19.3 Å². The Bertz CT molecular complexity index is 1030. The van der Waals surface area contributed by atoms with E-state index in [2.05, 4.69) is 10.4 Å². The van der Waals surface area contributed by atoms with Crippen LogP contribution in [0.3, 0.4) is 0 Å². The summed E-state index contributed by atoms with van der Waals surface area (Å²) in [6.07, 6.45) is -0.141. The molecule has 7 nitrogen and oxygen atoms in total. The van der Waals surface area contributed by atoms with Crippen LogP contribution in [0.1, 0.15) is 27.8 Å². The normalized spacial score (nSPS) is 15.5. The van der Waals surface area contributed by atoms with Crippen LogP contribution < -0.4 is 14.8 Å². The molecule has 3 aromatic rings. The number of halogens is 1. The lowest BCUT2D eigenvalue weighted by atomic mass is 10.1. The Labute approximate surface area is 173 Å². The monoisotopic (exact) mass is 413 g/mol. The number of methoxy groups -OCH3 is 2. The maximum absolute atomic E-state index is 12.7. The summed E-state index contributed by atoms with van der Waals surface area (Å²) in [7, 11) is 3.11. The van der Waals surface area contributed by atoms with Crippen molar-refractivity contribution in [3.8, 4) is 11.5 Å². The second-order valence-electron chi connectivity index (χ2n) is 6.57. The van der Waals surface area contributed by atoms with Crippen molar-refractivity contribution in [3.63, 3.8) is 0 Å². The molecule has 150 valence electrons.